The lowest BCUT2D eigenvalue weighted by atomic mass is 10.1. The number of aryl methyl sites for hydroxylation is 2. The first-order chi connectivity index (χ1) is 13.6. The maximum Gasteiger partial charge on any atom is 0.189 e. The Kier molecular flexibility index (Phi) is 3.87. The van der Waals surface area contributed by atoms with Crippen molar-refractivity contribution < 1.29 is 9.47 Å². The Bertz CT molecular complexity index is 1320. The second-order valence-electron chi connectivity index (χ2n) is 6.55. The number of nitrogens with zero attached hydrogens (tertiary/aromatic N) is 5. The van der Waals surface area contributed by atoms with Gasteiger partial charge in [-0.15, -0.1) is 16.4 Å². The fraction of sp³-hybridized carbons (Fsp3) is 0.200. The summed E-state index contributed by atoms with van der Waals surface area (Å²) in [6.07, 6.45) is 1.70. The molecule has 5 rings (SSSR count). The number of fused-ring (bicyclic) bond motifs is 5. The molecule has 5 aromatic rings. The third-order valence-electron chi connectivity index (χ3n) is 4.56. The number of benzene rings is 1. The van der Waals surface area contributed by atoms with Crippen LogP contribution in [0.2, 0.25) is 0 Å². The van der Waals surface area contributed by atoms with Gasteiger partial charge in [0.2, 0.25) is 0 Å². The van der Waals surface area contributed by atoms with Crippen LogP contribution in [0.15, 0.2) is 36.7 Å². The average molecular weight is 391 g/mol. The van der Waals surface area contributed by atoms with Crippen LogP contribution in [0, 0.1) is 13.8 Å². The number of aromatic nitrogens is 5. The lowest BCUT2D eigenvalue weighted by Crippen LogP contribution is -1.98. The smallest absolute Gasteiger partial charge is 0.189 e. The summed E-state index contributed by atoms with van der Waals surface area (Å²) in [6, 6.07) is 9.51. The van der Waals surface area contributed by atoms with E-state index in [4.69, 9.17) is 9.47 Å². The van der Waals surface area contributed by atoms with Crippen molar-refractivity contribution >= 4 is 37.4 Å². The number of hydrogen-bond donors (Lipinski definition) is 0. The molecule has 140 valence electrons. The van der Waals surface area contributed by atoms with Crippen molar-refractivity contribution in [3.8, 4) is 11.5 Å². The van der Waals surface area contributed by atoms with E-state index in [1.165, 1.54) is 5.56 Å². The van der Waals surface area contributed by atoms with Gasteiger partial charge in [0.05, 0.1) is 12.6 Å². The highest BCUT2D eigenvalue weighted by Gasteiger charge is 2.16. The Hall–Kier alpha value is -3.26. The molecule has 0 bridgehead atoms. The third-order valence-corrected chi connectivity index (χ3v) is 5.63. The average Bonchev–Trinajstić information content (AvgIpc) is 3.27. The first-order valence-electron chi connectivity index (χ1n) is 8.80. The Labute approximate surface area is 164 Å². The molecular formula is C20H17N5O2S. The minimum Gasteiger partial charge on any atom is -0.497 e. The molecule has 0 aliphatic carbocycles. The van der Waals surface area contributed by atoms with Gasteiger partial charge in [-0.1, -0.05) is 0 Å². The Balaban J connectivity index is 1.53. The lowest BCUT2D eigenvalue weighted by Gasteiger charge is -2.04. The number of hydrogen-bond acceptors (Lipinski definition) is 7. The molecule has 0 radical (unpaired) electrons. The van der Waals surface area contributed by atoms with Gasteiger partial charge in [-0.2, -0.15) is 0 Å². The quantitative estimate of drug-likeness (QED) is 0.459. The molecule has 0 saturated carbocycles. The summed E-state index contributed by atoms with van der Waals surface area (Å²) in [7, 11) is 1.64. The maximum atomic E-state index is 5.80. The zero-order chi connectivity index (χ0) is 19.3. The monoisotopic (exact) mass is 391 g/mol. The SMILES string of the molecule is COc1ccc(OCc2nc3c4sc5nc(C)cc(C)c5c4ncn3n2)cc1. The van der Waals surface area contributed by atoms with Gasteiger partial charge in [0, 0.05) is 11.1 Å². The van der Waals surface area contributed by atoms with Gasteiger partial charge in [0.1, 0.15) is 34.0 Å². The minimum atomic E-state index is 0.275. The number of methoxy groups -OCH3 is 1. The normalized spacial score (nSPS) is 11.5. The van der Waals surface area contributed by atoms with E-state index in [0.717, 1.165) is 43.3 Å². The first kappa shape index (κ1) is 16.9. The number of rotatable bonds is 4. The minimum absolute atomic E-state index is 0.275. The zero-order valence-corrected chi connectivity index (χ0v) is 16.4. The van der Waals surface area contributed by atoms with Crippen LogP contribution >= 0.6 is 11.3 Å². The zero-order valence-electron chi connectivity index (χ0n) is 15.6. The van der Waals surface area contributed by atoms with Crippen LogP contribution in [0.1, 0.15) is 17.1 Å². The van der Waals surface area contributed by atoms with Gasteiger partial charge < -0.3 is 9.47 Å². The molecule has 8 heteroatoms. The van der Waals surface area contributed by atoms with Gasteiger partial charge in [-0.05, 0) is 49.7 Å². The molecule has 7 nitrogen and oxygen atoms in total. The van der Waals surface area contributed by atoms with Gasteiger partial charge in [0.15, 0.2) is 11.5 Å². The molecule has 0 spiro atoms. The third kappa shape index (κ3) is 2.73. The molecule has 28 heavy (non-hydrogen) atoms. The highest BCUT2D eigenvalue weighted by molar-refractivity contribution is 7.26. The van der Waals surface area contributed by atoms with Crippen LogP contribution < -0.4 is 9.47 Å². The van der Waals surface area contributed by atoms with Crippen molar-refractivity contribution in [3.63, 3.8) is 0 Å². The van der Waals surface area contributed by atoms with E-state index in [0.29, 0.717) is 5.82 Å². The first-order valence-corrected chi connectivity index (χ1v) is 9.61. The summed E-state index contributed by atoms with van der Waals surface area (Å²) in [5.74, 6) is 2.12. The molecule has 0 aliphatic rings. The van der Waals surface area contributed by atoms with Gasteiger partial charge in [0.25, 0.3) is 0 Å². The molecule has 0 atom stereocenters. The maximum absolute atomic E-state index is 5.80. The van der Waals surface area contributed by atoms with Crippen LogP contribution in [-0.4, -0.2) is 31.7 Å². The van der Waals surface area contributed by atoms with E-state index in [-0.39, 0.29) is 6.61 Å². The standard InChI is InChI=1S/C20H17N5O2S/c1-11-8-12(2)22-20-16(11)17-18(28-20)19-23-15(24-25(19)10-21-17)9-27-14-6-4-13(26-3)5-7-14/h4-8,10H,9H2,1-3H3. The van der Waals surface area contributed by atoms with Crippen LogP contribution in [0.3, 0.4) is 0 Å². The van der Waals surface area contributed by atoms with E-state index in [1.807, 2.05) is 31.2 Å². The van der Waals surface area contributed by atoms with Crippen LogP contribution in [0.25, 0.3) is 26.1 Å². The highest BCUT2D eigenvalue weighted by Crippen LogP contribution is 2.35. The summed E-state index contributed by atoms with van der Waals surface area (Å²) < 4.78 is 13.7. The second-order valence-corrected chi connectivity index (χ2v) is 7.54. The largest absolute Gasteiger partial charge is 0.497 e. The van der Waals surface area contributed by atoms with Crippen molar-refractivity contribution in [2.24, 2.45) is 0 Å². The van der Waals surface area contributed by atoms with Gasteiger partial charge in [-0.25, -0.2) is 19.5 Å². The van der Waals surface area contributed by atoms with E-state index in [1.54, 1.807) is 29.3 Å². The topological polar surface area (TPSA) is 74.4 Å². The molecule has 4 aromatic heterocycles. The fourth-order valence-electron chi connectivity index (χ4n) is 3.29. The molecule has 0 fully saturated rings. The summed E-state index contributed by atoms with van der Waals surface area (Å²) in [5, 5.41) is 5.59. The van der Waals surface area contributed by atoms with Crippen molar-refractivity contribution in [2.45, 2.75) is 20.5 Å². The fourth-order valence-corrected chi connectivity index (χ4v) is 4.52. The van der Waals surface area contributed by atoms with Gasteiger partial charge >= 0.3 is 0 Å². The van der Waals surface area contributed by atoms with Gasteiger partial charge in [-0.3, -0.25) is 0 Å². The molecule has 0 unspecified atom stereocenters. The molecule has 0 saturated heterocycles. The summed E-state index contributed by atoms with van der Waals surface area (Å²) in [5.41, 5.74) is 3.88. The van der Waals surface area contributed by atoms with Crippen molar-refractivity contribution in [2.75, 3.05) is 7.11 Å². The van der Waals surface area contributed by atoms with Crippen LogP contribution in [-0.2, 0) is 6.61 Å². The molecule has 0 amide bonds. The van der Waals surface area contributed by atoms with E-state index in [9.17, 15) is 0 Å². The van der Waals surface area contributed by atoms with Crippen molar-refractivity contribution in [3.05, 3.63) is 53.7 Å². The van der Waals surface area contributed by atoms with Crippen LogP contribution in [0.4, 0.5) is 0 Å². The Morgan fingerprint density at radius 3 is 2.64 bits per heavy atom. The highest BCUT2D eigenvalue weighted by atomic mass is 32.1. The van der Waals surface area contributed by atoms with E-state index >= 15 is 0 Å². The lowest BCUT2D eigenvalue weighted by molar-refractivity contribution is 0.295. The Morgan fingerprint density at radius 2 is 1.86 bits per heavy atom. The van der Waals surface area contributed by atoms with Crippen molar-refractivity contribution in [1.82, 2.24) is 24.6 Å². The predicted molar refractivity (Wildman–Crippen MR) is 108 cm³/mol. The van der Waals surface area contributed by atoms with Crippen molar-refractivity contribution in [1.29, 1.82) is 0 Å². The van der Waals surface area contributed by atoms with E-state index in [2.05, 4.69) is 33.0 Å². The number of thiophene rings is 1. The number of pyridine rings is 1. The molecule has 0 N–H and O–H groups in total. The Morgan fingerprint density at radius 1 is 1.07 bits per heavy atom. The predicted octanol–water partition coefficient (Wildman–Crippen LogP) is 4.09. The second kappa shape index (κ2) is 6.42. The molecule has 0 aliphatic heterocycles. The molecule has 1 aromatic carbocycles. The van der Waals surface area contributed by atoms with Crippen LogP contribution in [0.5, 0.6) is 11.5 Å². The summed E-state index contributed by atoms with van der Waals surface area (Å²) >= 11 is 1.60. The summed E-state index contributed by atoms with van der Waals surface area (Å²) in [4.78, 5) is 14.9. The summed E-state index contributed by atoms with van der Waals surface area (Å²) in [6.45, 7) is 4.37. The molecule has 4 heterocycles. The van der Waals surface area contributed by atoms with E-state index < -0.39 is 0 Å². The number of ether oxygens (including phenoxy) is 2. The molecular weight excluding hydrogens is 374 g/mol.